The van der Waals surface area contributed by atoms with Gasteiger partial charge in [-0.3, -0.25) is 14.4 Å². The molecule has 6 nitrogen and oxygen atoms in total. The summed E-state index contributed by atoms with van der Waals surface area (Å²) in [6.07, 6.45) is 1.73. The lowest BCUT2D eigenvalue weighted by Gasteiger charge is -2.37. The number of benzene rings is 1. The number of nitrogens with zero attached hydrogens (tertiary/aromatic N) is 2. The van der Waals surface area contributed by atoms with Crippen molar-refractivity contribution in [2.75, 3.05) is 13.1 Å². The summed E-state index contributed by atoms with van der Waals surface area (Å²) in [5.41, 5.74) is 0.371. The number of rotatable bonds is 6. The van der Waals surface area contributed by atoms with Crippen LogP contribution in [0.1, 0.15) is 39.2 Å². The highest BCUT2D eigenvalue weighted by atomic mass is 16.7. The van der Waals surface area contributed by atoms with Gasteiger partial charge in [-0.15, -0.1) is 0 Å². The molecule has 1 heterocycles. The molecule has 1 saturated heterocycles. The van der Waals surface area contributed by atoms with E-state index in [1.54, 1.807) is 4.90 Å². The van der Waals surface area contributed by atoms with E-state index in [1.807, 2.05) is 51.1 Å². The molecule has 1 unspecified atom stereocenters. The Morgan fingerprint density at radius 1 is 1.32 bits per heavy atom. The highest BCUT2D eigenvalue weighted by Gasteiger charge is 2.34. The van der Waals surface area contributed by atoms with Crippen LogP contribution < -0.4 is 0 Å². The summed E-state index contributed by atoms with van der Waals surface area (Å²) in [6.45, 7) is 6.50. The van der Waals surface area contributed by atoms with E-state index < -0.39 is 11.6 Å². The number of piperidine rings is 1. The van der Waals surface area contributed by atoms with Gasteiger partial charge in [0.15, 0.2) is 0 Å². The van der Waals surface area contributed by atoms with E-state index in [4.69, 9.17) is 4.84 Å². The summed E-state index contributed by atoms with van der Waals surface area (Å²) >= 11 is 0. The van der Waals surface area contributed by atoms with Crippen molar-refractivity contribution in [3.8, 4) is 0 Å². The molecule has 0 saturated carbocycles. The normalized spacial score (nSPS) is 17.2. The third kappa shape index (κ3) is 5.83. The lowest BCUT2D eigenvalue weighted by atomic mass is 10.0. The molecule has 1 fully saturated rings. The number of hydrogen-bond acceptors (Lipinski definition) is 4. The van der Waals surface area contributed by atoms with Gasteiger partial charge in [0, 0.05) is 19.5 Å². The van der Waals surface area contributed by atoms with Crippen molar-refractivity contribution in [3.05, 3.63) is 35.9 Å². The van der Waals surface area contributed by atoms with Gasteiger partial charge in [-0.05, 0) is 39.2 Å². The van der Waals surface area contributed by atoms with Crippen molar-refractivity contribution in [2.45, 2.75) is 57.8 Å². The maximum atomic E-state index is 13.1. The summed E-state index contributed by atoms with van der Waals surface area (Å²) in [4.78, 5) is 32.1. The van der Waals surface area contributed by atoms with Crippen LogP contribution in [0.15, 0.2) is 30.3 Å². The number of amides is 2. The van der Waals surface area contributed by atoms with Crippen molar-refractivity contribution in [1.29, 1.82) is 0 Å². The van der Waals surface area contributed by atoms with Crippen molar-refractivity contribution in [3.63, 3.8) is 0 Å². The molecule has 1 aliphatic heterocycles. The fourth-order valence-electron chi connectivity index (χ4n) is 2.90. The third-order valence-corrected chi connectivity index (χ3v) is 4.12. The number of likely N-dealkylation sites (tertiary alicyclic amines) is 1. The van der Waals surface area contributed by atoms with Crippen molar-refractivity contribution in [1.82, 2.24) is 9.96 Å². The molecule has 1 aromatic carbocycles. The van der Waals surface area contributed by atoms with Crippen LogP contribution >= 0.6 is 0 Å². The first-order valence-corrected chi connectivity index (χ1v) is 8.73. The summed E-state index contributed by atoms with van der Waals surface area (Å²) in [5, 5.41) is 10.8. The maximum absolute atomic E-state index is 13.1. The molecule has 1 N–H and O–H groups in total. The Labute approximate surface area is 149 Å². The van der Waals surface area contributed by atoms with Crippen molar-refractivity contribution < 1.29 is 19.5 Å². The van der Waals surface area contributed by atoms with E-state index in [9.17, 15) is 14.7 Å². The predicted octanol–water partition coefficient (Wildman–Crippen LogP) is 1.77. The van der Waals surface area contributed by atoms with E-state index in [2.05, 4.69) is 0 Å². The van der Waals surface area contributed by atoms with Crippen LogP contribution in [0, 0.1) is 0 Å². The van der Waals surface area contributed by atoms with Gasteiger partial charge in [0.05, 0.1) is 11.7 Å². The van der Waals surface area contributed by atoms with Crippen LogP contribution in [0.25, 0.3) is 0 Å². The summed E-state index contributed by atoms with van der Waals surface area (Å²) < 4.78 is 0. The summed E-state index contributed by atoms with van der Waals surface area (Å²) in [5.74, 6) is -0.146. The largest absolute Gasteiger partial charge is 0.393 e. The maximum Gasteiger partial charge on any atom is 0.248 e. The third-order valence-electron chi connectivity index (χ3n) is 4.12. The van der Waals surface area contributed by atoms with E-state index in [0.29, 0.717) is 38.8 Å². The molecule has 0 radical (unpaired) electrons. The molecule has 25 heavy (non-hydrogen) atoms. The molecule has 1 aromatic rings. The second kappa shape index (κ2) is 8.45. The van der Waals surface area contributed by atoms with Crippen LogP contribution in [0.5, 0.6) is 0 Å². The van der Waals surface area contributed by atoms with Gasteiger partial charge >= 0.3 is 0 Å². The molecular formula is C19H28N2O4. The second-order valence-electron chi connectivity index (χ2n) is 7.43. The zero-order valence-electron chi connectivity index (χ0n) is 15.2. The van der Waals surface area contributed by atoms with Gasteiger partial charge in [-0.2, -0.15) is 0 Å². The lowest BCUT2D eigenvalue weighted by Crippen LogP contribution is -2.53. The molecule has 0 aliphatic carbocycles. The number of aliphatic hydroxyl groups is 1. The first kappa shape index (κ1) is 19.4. The number of hydrogen-bond donors (Lipinski definition) is 1. The van der Waals surface area contributed by atoms with Crippen molar-refractivity contribution in [2.24, 2.45) is 0 Å². The second-order valence-corrected chi connectivity index (χ2v) is 7.43. The zero-order chi connectivity index (χ0) is 18.4. The van der Waals surface area contributed by atoms with E-state index in [-0.39, 0.29) is 12.0 Å². The van der Waals surface area contributed by atoms with Gasteiger partial charge in [-0.1, -0.05) is 30.3 Å². The van der Waals surface area contributed by atoms with Gasteiger partial charge in [-0.25, -0.2) is 5.06 Å². The van der Waals surface area contributed by atoms with Crippen LogP contribution in [0.4, 0.5) is 0 Å². The smallest absolute Gasteiger partial charge is 0.248 e. The van der Waals surface area contributed by atoms with Crippen LogP contribution in [0.3, 0.4) is 0 Å². The SMILES string of the molecule is CC(C)(C)ON(C=O)C(Cc1ccccc1)C(=O)N1CCC(O)CC1. The minimum absolute atomic E-state index is 0.146. The van der Waals surface area contributed by atoms with E-state index >= 15 is 0 Å². The number of hydroxylamine groups is 2. The molecule has 138 valence electrons. The minimum atomic E-state index is -0.727. The monoisotopic (exact) mass is 348 g/mol. The molecule has 1 atom stereocenters. The topological polar surface area (TPSA) is 70.1 Å². The molecule has 0 spiro atoms. The molecule has 6 heteroatoms. The lowest BCUT2D eigenvalue weighted by molar-refractivity contribution is -0.233. The molecule has 0 aromatic heterocycles. The van der Waals surface area contributed by atoms with Gasteiger partial charge in [0.2, 0.25) is 12.3 Å². The first-order chi connectivity index (χ1) is 11.8. The Morgan fingerprint density at radius 2 is 1.92 bits per heavy atom. The Balaban J connectivity index is 2.20. The van der Waals surface area contributed by atoms with Crippen LogP contribution in [-0.4, -0.2) is 58.2 Å². The highest BCUT2D eigenvalue weighted by molar-refractivity contribution is 5.84. The van der Waals surface area contributed by atoms with Gasteiger partial charge in [0.1, 0.15) is 6.04 Å². The summed E-state index contributed by atoms with van der Waals surface area (Å²) in [7, 11) is 0. The summed E-state index contributed by atoms with van der Waals surface area (Å²) in [6, 6.07) is 8.86. The number of aliphatic hydroxyl groups excluding tert-OH is 1. The Bertz CT molecular complexity index is 563. The Kier molecular flexibility index (Phi) is 6.56. The standard InChI is InChI=1S/C19H28N2O4/c1-19(2,3)25-21(14-22)17(13-15-7-5-4-6-8-15)18(24)20-11-9-16(23)10-12-20/h4-8,14,16-17,23H,9-13H2,1-3H3. The average Bonchev–Trinajstić information content (AvgIpc) is 2.58. The van der Waals surface area contributed by atoms with Gasteiger partial charge < -0.3 is 10.0 Å². The highest BCUT2D eigenvalue weighted by Crippen LogP contribution is 2.19. The Morgan fingerprint density at radius 3 is 2.44 bits per heavy atom. The fraction of sp³-hybridized carbons (Fsp3) is 0.579. The van der Waals surface area contributed by atoms with Crippen LogP contribution in [0.2, 0.25) is 0 Å². The molecule has 2 amide bonds. The molecule has 2 rings (SSSR count). The quantitative estimate of drug-likeness (QED) is 0.628. The van der Waals surface area contributed by atoms with Crippen molar-refractivity contribution >= 4 is 12.3 Å². The molecule has 0 bridgehead atoms. The minimum Gasteiger partial charge on any atom is -0.393 e. The van der Waals surface area contributed by atoms with E-state index in [1.165, 1.54) is 0 Å². The number of carbonyl (C=O) groups is 2. The fourth-order valence-corrected chi connectivity index (χ4v) is 2.90. The Hall–Kier alpha value is -1.92. The van der Waals surface area contributed by atoms with Crippen LogP contribution in [-0.2, 0) is 20.8 Å². The first-order valence-electron chi connectivity index (χ1n) is 8.73. The van der Waals surface area contributed by atoms with Gasteiger partial charge in [0.25, 0.3) is 0 Å². The zero-order valence-corrected chi connectivity index (χ0v) is 15.2. The predicted molar refractivity (Wildman–Crippen MR) is 94.5 cm³/mol. The average molecular weight is 348 g/mol. The van der Waals surface area contributed by atoms with E-state index in [0.717, 1.165) is 10.6 Å². The molecule has 1 aliphatic rings. The number of carbonyl (C=O) groups excluding carboxylic acids is 2. The molecular weight excluding hydrogens is 320 g/mol.